The van der Waals surface area contributed by atoms with Gasteiger partial charge in [-0.15, -0.1) is 0 Å². The number of rotatable bonds is 9. The highest BCUT2D eigenvalue weighted by Crippen LogP contribution is 2.45. The van der Waals surface area contributed by atoms with Crippen LogP contribution in [0.5, 0.6) is 0 Å². The van der Waals surface area contributed by atoms with Gasteiger partial charge in [-0.1, -0.05) is 20.8 Å². The van der Waals surface area contributed by atoms with Crippen LogP contribution in [0.15, 0.2) is 23.0 Å². The summed E-state index contributed by atoms with van der Waals surface area (Å²) in [5.41, 5.74) is 0.586. The van der Waals surface area contributed by atoms with Crippen molar-refractivity contribution in [3.8, 4) is 6.07 Å². The maximum Gasteiger partial charge on any atom is 0.418 e. The minimum atomic E-state index is -4.67. The van der Waals surface area contributed by atoms with Gasteiger partial charge in [0, 0.05) is 51.4 Å². The molecule has 3 heterocycles. The smallest absolute Gasteiger partial charge is 0.384 e. The molecular weight excluding hydrogens is 575 g/mol. The summed E-state index contributed by atoms with van der Waals surface area (Å²) in [6.45, 7) is 7.64. The maximum absolute atomic E-state index is 15.0. The van der Waals surface area contributed by atoms with Gasteiger partial charge >= 0.3 is 11.9 Å². The number of halogens is 3. The number of carbonyl (C=O) groups is 1. The largest absolute Gasteiger partial charge is 0.418 e. The van der Waals surface area contributed by atoms with Crippen LogP contribution in [0.4, 0.5) is 30.4 Å². The number of nitriles is 1. The van der Waals surface area contributed by atoms with E-state index in [9.17, 15) is 28.0 Å². The number of alkyl halides is 3. The topological polar surface area (TPSA) is 116 Å². The zero-order chi connectivity index (χ0) is 32.3. The van der Waals surface area contributed by atoms with Crippen LogP contribution in [-0.2, 0) is 29.2 Å². The lowest BCUT2D eigenvalue weighted by molar-refractivity contribution is -0.137. The van der Waals surface area contributed by atoms with E-state index < -0.39 is 23.5 Å². The Bertz CT molecular complexity index is 1650. The Morgan fingerprint density at radius 1 is 1.14 bits per heavy atom. The van der Waals surface area contributed by atoms with Gasteiger partial charge in [0.1, 0.15) is 17.3 Å². The third kappa shape index (κ3) is 6.22. The van der Waals surface area contributed by atoms with Gasteiger partial charge in [-0.05, 0) is 55.5 Å². The molecule has 1 amide bonds. The number of nitrogens with zero attached hydrogens (tertiary/aromatic N) is 6. The molecule has 0 saturated carbocycles. The summed E-state index contributed by atoms with van der Waals surface area (Å²) in [4.78, 5) is 37.8. The molecule has 10 nitrogen and oxygen atoms in total. The van der Waals surface area contributed by atoms with E-state index in [0.29, 0.717) is 40.9 Å². The predicted octanol–water partition coefficient (Wildman–Crippen LogP) is 4.95. The van der Waals surface area contributed by atoms with E-state index in [2.05, 4.69) is 15.3 Å². The molecule has 0 spiro atoms. The van der Waals surface area contributed by atoms with Gasteiger partial charge < -0.3 is 19.9 Å². The molecule has 13 heteroatoms. The second-order valence-electron chi connectivity index (χ2n) is 10.9. The number of ether oxygens (including phenoxy) is 1. The van der Waals surface area contributed by atoms with Crippen molar-refractivity contribution < 1.29 is 22.7 Å². The van der Waals surface area contributed by atoms with Gasteiger partial charge in [0.2, 0.25) is 5.91 Å². The van der Waals surface area contributed by atoms with Crippen LogP contribution in [-0.4, -0.2) is 59.3 Å². The standard InChI is InChI=1S/C31H38F3N7O3/c1-7-20-17-41(29-28-24(39(5)30(43)38-29)11-10-19(15-35)36-28)21(8-2)16-40(20)25-14-23(37-26(42)9-3)18(4)22(12-13-44-6)27(25)31(32,33)34/h10-11,14,20-21H,7-9,12-13,16-17H2,1-6H3,(H,37,42)/t20-,21+/m1/s1. The number of hydrogen-bond acceptors (Lipinski definition) is 8. The first kappa shape index (κ1) is 32.7. The summed E-state index contributed by atoms with van der Waals surface area (Å²) in [7, 11) is 3.01. The minimum Gasteiger partial charge on any atom is -0.384 e. The van der Waals surface area contributed by atoms with Gasteiger partial charge in [0.05, 0.1) is 23.4 Å². The number of methoxy groups -OCH3 is 1. The van der Waals surface area contributed by atoms with E-state index in [1.807, 2.05) is 24.8 Å². The van der Waals surface area contributed by atoms with Gasteiger partial charge in [0.25, 0.3) is 0 Å². The predicted molar refractivity (Wildman–Crippen MR) is 163 cm³/mol. The van der Waals surface area contributed by atoms with E-state index >= 15 is 0 Å². The molecule has 0 radical (unpaired) electrons. The number of amides is 1. The number of pyridine rings is 1. The molecule has 0 aliphatic carbocycles. The molecule has 0 bridgehead atoms. The summed E-state index contributed by atoms with van der Waals surface area (Å²) in [5, 5.41) is 12.3. The number of piperazine rings is 1. The molecule has 44 heavy (non-hydrogen) atoms. The van der Waals surface area contributed by atoms with Crippen LogP contribution < -0.4 is 20.8 Å². The number of aromatic nitrogens is 3. The lowest BCUT2D eigenvalue weighted by atomic mass is 9.92. The first-order chi connectivity index (χ1) is 20.9. The summed E-state index contributed by atoms with van der Waals surface area (Å²) < 4.78 is 51.4. The lowest BCUT2D eigenvalue weighted by Crippen LogP contribution is -2.59. The second-order valence-corrected chi connectivity index (χ2v) is 10.9. The minimum absolute atomic E-state index is 0.00255. The fourth-order valence-corrected chi connectivity index (χ4v) is 5.92. The zero-order valence-corrected chi connectivity index (χ0v) is 25.9. The Morgan fingerprint density at radius 3 is 2.39 bits per heavy atom. The third-order valence-corrected chi connectivity index (χ3v) is 8.40. The van der Waals surface area contributed by atoms with Crippen LogP contribution >= 0.6 is 0 Å². The van der Waals surface area contributed by atoms with Gasteiger partial charge in [-0.3, -0.25) is 9.36 Å². The Balaban J connectivity index is 1.91. The Hall–Kier alpha value is -4.18. The van der Waals surface area contributed by atoms with Crippen LogP contribution in [0.2, 0.25) is 0 Å². The molecule has 1 fully saturated rings. The number of nitrogens with one attached hydrogen (secondary N) is 1. The Kier molecular flexibility index (Phi) is 9.83. The van der Waals surface area contributed by atoms with E-state index in [1.54, 1.807) is 31.9 Å². The highest BCUT2D eigenvalue weighted by molar-refractivity contribution is 5.93. The molecule has 1 N–H and O–H groups in total. The monoisotopic (exact) mass is 613 g/mol. The van der Waals surface area contributed by atoms with Crippen LogP contribution in [0.1, 0.15) is 62.4 Å². The normalized spacial score (nSPS) is 17.2. The van der Waals surface area contributed by atoms with Crippen molar-refractivity contribution in [1.29, 1.82) is 5.26 Å². The first-order valence-corrected chi connectivity index (χ1v) is 14.7. The van der Waals surface area contributed by atoms with E-state index in [0.717, 1.165) is 0 Å². The molecule has 1 aromatic carbocycles. The van der Waals surface area contributed by atoms with Crippen LogP contribution in [0, 0.1) is 18.3 Å². The number of hydrogen-bond donors (Lipinski definition) is 1. The van der Waals surface area contributed by atoms with E-state index in [-0.39, 0.29) is 61.4 Å². The Labute approximate surface area is 254 Å². The SMILES string of the molecule is CCC(=O)Nc1cc(N2C[C@H](CC)N(c3nc(=O)n(C)c4ccc(C#N)nc34)C[C@H]2CC)c(C(F)(F)F)c(CCOC)c1C. The number of aryl methyl sites for hydroxylation is 1. The summed E-state index contributed by atoms with van der Waals surface area (Å²) in [5.74, 6) is 0.00873. The molecule has 0 unspecified atom stereocenters. The molecule has 236 valence electrons. The molecule has 4 rings (SSSR count). The van der Waals surface area contributed by atoms with Crippen molar-refractivity contribution >= 4 is 34.1 Å². The molecule has 1 saturated heterocycles. The quantitative estimate of drug-likeness (QED) is 0.361. The molecule has 1 aliphatic heterocycles. The van der Waals surface area contributed by atoms with Crippen molar-refractivity contribution in [1.82, 2.24) is 14.5 Å². The van der Waals surface area contributed by atoms with Gasteiger partial charge in [-0.25, -0.2) is 9.78 Å². The Morgan fingerprint density at radius 2 is 1.80 bits per heavy atom. The average Bonchev–Trinajstić information content (AvgIpc) is 3.01. The maximum atomic E-state index is 15.0. The first-order valence-electron chi connectivity index (χ1n) is 14.7. The fourth-order valence-electron chi connectivity index (χ4n) is 5.92. The lowest BCUT2D eigenvalue weighted by Gasteiger charge is -2.48. The molecular formula is C31H38F3N7O3. The molecule has 1 aliphatic rings. The second kappa shape index (κ2) is 13.2. The van der Waals surface area contributed by atoms with Crippen molar-refractivity contribution in [2.45, 2.75) is 71.6 Å². The van der Waals surface area contributed by atoms with Crippen molar-refractivity contribution in [3.63, 3.8) is 0 Å². The number of anilines is 3. The van der Waals surface area contributed by atoms with Crippen molar-refractivity contribution in [2.75, 3.05) is 41.9 Å². The fraction of sp³-hybridized carbons (Fsp3) is 0.516. The molecule has 2 atom stereocenters. The summed E-state index contributed by atoms with van der Waals surface area (Å²) in [6, 6.07) is 5.90. The number of carbonyl (C=O) groups excluding carboxylic acids is 1. The highest BCUT2D eigenvalue weighted by Gasteiger charge is 2.42. The van der Waals surface area contributed by atoms with E-state index in [1.165, 1.54) is 23.8 Å². The third-order valence-electron chi connectivity index (χ3n) is 8.40. The average molecular weight is 614 g/mol. The molecule has 2 aromatic heterocycles. The molecule has 3 aromatic rings. The van der Waals surface area contributed by atoms with E-state index in [4.69, 9.17) is 4.74 Å². The highest BCUT2D eigenvalue weighted by atomic mass is 19.4. The van der Waals surface area contributed by atoms with Crippen LogP contribution in [0.3, 0.4) is 0 Å². The van der Waals surface area contributed by atoms with Gasteiger partial charge in [0.15, 0.2) is 5.82 Å². The number of fused-ring (bicyclic) bond motifs is 1. The van der Waals surface area contributed by atoms with Crippen LogP contribution in [0.25, 0.3) is 11.0 Å². The van der Waals surface area contributed by atoms with Crippen molar-refractivity contribution in [3.05, 3.63) is 51.1 Å². The zero-order valence-electron chi connectivity index (χ0n) is 25.9. The van der Waals surface area contributed by atoms with Gasteiger partial charge in [-0.2, -0.15) is 23.4 Å². The summed E-state index contributed by atoms with van der Waals surface area (Å²) in [6.07, 6.45) is -3.45. The number of benzene rings is 1. The van der Waals surface area contributed by atoms with Crippen molar-refractivity contribution in [2.24, 2.45) is 7.05 Å². The summed E-state index contributed by atoms with van der Waals surface area (Å²) >= 11 is 0.